The van der Waals surface area contributed by atoms with Crippen LogP contribution in [-0.2, 0) is 13.0 Å². The molecule has 0 bridgehead atoms. The highest BCUT2D eigenvalue weighted by Gasteiger charge is 2.09. The van der Waals surface area contributed by atoms with Gasteiger partial charge in [0.15, 0.2) is 0 Å². The van der Waals surface area contributed by atoms with E-state index in [1.807, 2.05) is 24.5 Å². The van der Waals surface area contributed by atoms with Gasteiger partial charge in [-0.1, -0.05) is 6.07 Å². The Morgan fingerprint density at radius 1 is 1.15 bits per heavy atom. The largest absolute Gasteiger partial charge is 0.490 e. The van der Waals surface area contributed by atoms with E-state index in [9.17, 15) is 0 Å². The second kappa shape index (κ2) is 6.39. The third-order valence-corrected chi connectivity index (χ3v) is 3.39. The Kier molecular flexibility index (Phi) is 4.13. The van der Waals surface area contributed by atoms with Gasteiger partial charge in [-0.05, 0) is 48.4 Å². The SMILES string of the molecule is c1cc(CNCCc2ccc3c(c2)NCCO3)ccn1. The number of hydrogen-bond acceptors (Lipinski definition) is 4. The van der Waals surface area contributed by atoms with Crippen molar-refractivity contribution in [3.63, 3.8) is 0 Å². The monoisotopic (exact) mass is 269 g/mol. The highest BCUT2D eigenvalue weighted by atomic mass is 16.5. The summed E-state index contributed by atoms with van der Waals surface area (Å²) in [6, 6.07) is 10.4. The minimum Gasteiger partial charge on any atom is -0.490 e. The lowest BCUT2D eigenvalue weighted by Crippen LogP contribution is -2.19. The fourth-order valence-electron chi connectivity index (χ4n) is 2.31. The van der Waals surface area contributed by atoms with Crippen molar-refractivity contribution in [2.75, 3.05) is 25.0 Å². The molecule has 0 unspecified atom stereocenters. The van der Waals surface area contributed by atoms with E-state index >= 15 is 0 Å². The first kappa shape index (κ1) is 12.9. The summed E-state index contributed by atoms with van der Waals surface area (Å²) in [6.07, 6.45) is 4.67. The highest BCUT2D eigenvalue weighted by Crippen LogP contribution is 2.27. The molecule has 0 saturated carbocycles. The minimum absolute atomic E-state index is 0.750. The first-order valence-electron chi connectivity index (χ1n) is 7.01. The van der Waals surface area contributed by atoms with Crippen molar-refractivity contribution in [3.05, 3.63) is 53.9 Å². The number of fused-ring (bicyclic) bond motifs is 1. The summed E-state index contributed by atoms with van der Waals surface area (Å²) in [5.74, 6) is 0.963. The molecule has 2 aromatic rings. The summed E-state index contributed by atoms with van der Waals surface area (Å²) < 4.78 is 5.58. The van der Waals surface area contributed by atoms with Crippen molar-refractivity contribution in [2.45, 2.75) is 13.0 Å². The Bertz CT molecular complexity index is 557. The fourth-order valence-corrected chi connectivity index (χ4v) is 2.31. The van der Waals surface area contributed by atoms with Gasteiger partial charge in [-0.25, -0.2) is 0 Å². The summed E-state index contributed by atoms with van der Waals surface area (Å²) in [4.78, 5) is 4.02. The van der Waals surface area contributed by atoms with E-state index < -0.39 is 0 Å². The van der Waals surface area contributed by atoms with Crippen LogP contribution in [0.4, 0.5) is 5.69 Å². The van der Waals surface area contributed by atoms with Gasteiger partial charge >= 0.3 is 0 Å². The van der Waals surface area contributed by atoms with Gasteiger partial charge in [-0.2, -0.15) is 0 Å². The van der Waals surface area contributed by atoms with E-state index in [1.165, 1.54) is 11.1 Å². The first-order chi connectivity index (χ1) is 9.92. The number of nitrogens with one attached hydrogen (secondary N) is 2. The zero-order valence-electron chi connectivity index (χ0n) is 11.4. The van der Waals surface area contributed by atoms with Gasteiger partial charge in [0.2, 0.25) is 0 Å². The maximum absolute atomic E-state index is 5.58. The van der Waals surface area contributed by atoms with Crippen molar-refractivity contribution in [3.8, 4) is 5.75 Å². The lowest BCUT2D eigenvalue weighted by Gasteiger charge is -2.19. The predicted molar refractivity (Wildman–Crippen MR) is 80.1 cm³/mol. The quantitative estimate of drug-likeness (QED) is 0.817. The molecule has 4 nitrogen and oxygen atoms in total. The number of pyridine rings is 1. The van der Waals surface area contributed by atoms with E-state index in [2.05, 4.69) is 33.8 Å². The lowest BCUT2D eigenvalue weighted by molar-refractivity contribution is 0.323. The van der Waals surface area contributed by atoms with Crippen LogP contribution in [0.3, 0.4) is 0 Å². The van der Waals surface area contributed by atoms with Crippen LogP contribution in [0.5, 0.6) is 5.75 Å². The van der Waals surface area contributed by atoms with E-state index in [4.69, 9.17) is 4.74 Å². The predicted octanol–water partition coefficient (Wildman–Crippen LogP) is 2.22. The molecule has 0 aliphatic carbocycles. The third kappa shape index (κ3) is 3.27. The fraction of sp³-hybridized carbons (Fsp3) is 0.312. The van der Waals surface area contributed by atoms with E-state index in [0.717, 1.165) is 44.1 Å². The number of aromatic nitrogens is 1. The standard InChI is InChI=1S/C16H19N3O/c1-2-16-15(19-9-10-20-16)11-13(1)3-8-18-12-14-4-6-17-7-5-14/h1-2,4-7,11,18-19H,3,8-10,12H2. The highest BCUT2D eigenvalue weighted by molar-refractivity contribution is 5.59. The Hall–Kier alpha value is -2.07. The number of anilines is 1. The molecule has 1 aliphatic rings. The zero-order valence-corrected chi connectivity index (χ0v) is 11.4. The molecule has 0 amide bonds. The molecule has 0 atom stereocenters. The Balaban J connectivity index is 1.49. The molecular weight excluding hydrogens is 250 g/mol. The molecule has 0 spiro atoms. The maximum atomic E-state index is 5.58. The lowest BCUT2D eigenvalue weighted by atomic mass is 10.1. The first-order valence-corrected chi connectivity index (χ1v) is 7.01. The average molecular weight is 269 g/mol. The van der Waals surface area contributed by atoms with Crippen molar-refractivity contribution >= 4 is 5.69 Å². The van der Waals surface area contributed by atoms with Gasteiger partial charge in [0.05, 0.1) is 5.69 Å². The number of ether oxygens (including phenoxy) is 1. The van der Waals surface area contributed by atoms with Crippen LogP contribution in [-0.4, -0.2) is 24.7 Å². The average Bonchev–Trinajstić information content (AvgIpc) is 2.52. The van der Waals surface area contributed by atoms with Gasteiger partial charge in [0, 0.05) is 25.5 Å². The second-order valence-electron chi connectivity index (χ2n) is 4.89. The molecule has 1 aliphatic heterocycles. The number of hydrogen-bond donors (Lipinski definition) is 2. The molecule has 20 heavy (non-hydrogen) atoms. The van der Waals surface area contributed by atoms with Crippen LogP contribution < -0.4 is 15.4 Å². The molecule has 2 N–H and O–H groups in total. The van der Waals surface area contributed by atoms with E-state index in [0.29, 0.717) is 0 Å². The van der Waals surface area contributed by atoms with Crippen LogP contribution in [0.15, 0.2) is 42.7 Å². The van der Waals surface area contributed by atoms with Gasteiger partial charge in [0.1, 0.15) is 12.4 Å². The summed E-state index contributed by atoms with van der Waals surface area (Å²) >= 11 is 0. The number of rotatable bonds is 5. The summed E-state index contributed by atoms with van der Waals surface area (Å²) in [7, 11) is 0. The van der Waals surface area contributed by atoms with E-state index in [-0.39, 0.29) is 0 Å². The normalized spacial score (nSPS) is 13.2. The number of benzene rings is 1. The molecular formula is C16H19N3O. The van der Waals surface area contributed by atoms with Crippen LogP contribution >= 0.6 is 0 Å². The topological polar surface area (TPSA) is 46.2 Å². The van der Waals surface area contributed by atoms with E-state index in [1.54, 1.807) is 0 Å². The molecule has 0 radical (unpaired) electrons. The van der Waals surface area contributed by atoms with Crippen LogP contribution in [0.1, 0.15) is 11.1 Å². The Morgan fingerprint density at radius 3 is 2.95 bits per heavy atom. The molecule has 0 fully saturated rings. The maximum Gasteiger partial charge on any atom is 0.142 e. The van der Waals surface area contributed by atoms with Crippen LogP contribution in [0, 0.1) is 0 Å². The zero-order chi connectivity index (χ0) is 13.6. The van der Waals surface area contributed by atoms with Crippen LogP contribution in [0.25, 0.3) is 0 Å². The molecule has 4 heteroatoms. The van der Waals surface area contributed by atoms with Crippen molar-refractivity contribution in [1.82, 2.24) is 10.3 Å². The van der Waals surface area contributed by atoms with Crippen LogP contribution in [0.2, 0.25) is 0 Å². The smallest absolute Gasteiger partial charge is 0.142 e. The molecule has 1 aromatic heterocycles. The summed E-state index contributed by atoms with van der Waals surface area (Å²) in [6.45, 7) is 3.48. The van der Waals surface area contributed by atoms with Crippen molar-refractivity contribution in [2.24, 2.45) is 0 Å². The van der Waals surface area contributed by atoms with Crippen molar-refractivity contribution < 1.29 is 4.74 Å². The molecule has 2 heterocycles. The van der Waals surface area contributed by atoms with Gasteiger partial charge < -0.3 is 15.4 Å². The summed E-state index contributed by atoms with van der Waals surface area (Å²) in [5, 5.41) is 6.82. The van der Waals surface area contributed by atoms with Crippen molar-refractivity contribution in [1.29, 1.82) is 0 Å². The Morgan fingerprint density at radius 2 is 2.05 bits per heavy atom. The summed E-state index contributed by atoms with van der Waals surface area (Å²) in [5.41, 5.74) is 3.70. The van der Waals surface area contributed by atoms with Gasteiger partial charge in [-0.15, -0.1) is 0 Å². The third-order valence-electron chi connectivity index (χ3n) is 3.39. The van der Waals surface area contributed by atoms with Gasteiger partial charge in [-0.3, -0.25) is 4.98 Å². The molecule has 0 saturated heterocycles. The second-order valence-corrected chi connectivity index (χ2v) is 4.89. The minimum atomic E-state index is 0.750. The molecule has 3 rings (SSSR count). The Labute approximate surface area is 119 Å². The number of nitrogens with zero attached hydrogens (tertiary/aromatic N) is 1. The van der Waals surface area contributed by atoms with Gasteiger partial charge in [0.25, 0.3) is 0 Å². The molecule has 104 valence electrons. The molecule has 1 aromatic carbocycles.